The van der Waals surface area contributed by atoms with Gasteiger partial charge in [0.25, 0.3) is 0 Å². The Morgan fingerprint density at radius 3 is 2.53 bits per heavy atom. The summed E-state index contributed by atoms with van der Waals surface area (Å²) in [6.07, 6.45) is 0.244. The molecule has 4 rings (SSSR count). The van der Waals surface area contributed by atoms with Gasteiger partial charge in [0.05, 0.1) is 12.2 Å². The molecule has 6 nitrogen and oxygen atoms in total. The smallest absolute Gasteiger partial charge is 0.230 e. The molecule has 0 radical (unpaired) electrons. The molecule has 1 aromatic heterocycles. The zero-order chi connectivity index (χ0) is 22.3. The largest absolute Gasteiger partial charge is 0.351 e. The zero-order valence-corrected chi connectivity index (χ0v) is 19.3. The molecule has 32 heavy (non-hydrogen) atoms. The van der Waals surface area contributed by atoms with Gasteiger partial charge in [0.15, 0.2) is 4.34 Å². The van der Waals surface area contributed by atoms with Gasteiger partial charge in [-0.15, -0.1) is 10.2 Å². The van der Waals surface area contributed by atoms with Gasteiger partial charge in [-0.2, -0.15) is 0 Å². The van der Waals surface area contributed by atoms with E-state index in [-0.39, 0.29) is 24.0 Å². The Hall–Kier alpha value is -2.94. The molecule has 2 N–H and O–H groups in total. The lowest BCUT2D eigenvalue weighted by Crippen LogP contribution is -2.24. The lowest BCUT2D eigenvalue weighted by Gasteiger charge is -2.06. The Balaban J connectivity index is 1.26. The molecule has 0 fully saturated rings. The van der Waals surface area contributed by atoms with Crippen molar-refractivity contribution in [3.63, 3.8) is 0 Å². The van der Waals surface area contributed by atoms with Crippen molar-refractivity contribution in [2.45, 2.75) is 17.3 Å². The number of carbonyl (C=O) groups excluding carboxylic acids is 2. The van der Waals surface area contributed by atoms with Crippen molar-refractivity contribution in [2.24, 2.45) is 0 Å². The molecular formula is C23H19ClN4O2S2. The first-order chi connectivity index (χ1) is 15.6. The molecule has 0 aliphatic heterocycles. The molecule has 0 aliphatic rings. The van der Waals surface area contributed by atoms with Crippen molar-refractivity contribution < 1.29 is 9.59 Å². The van der Waals surface area contributed by atoms with Crippen molar-refractivity contribution in [3.05, 3.63) is 82.9 Å². The molecule has 4 aromatic rings. The van der Waals surface area contributed by atoms with Crippen LogP contribution in [0.2, 0.25) is 5.02 Å². The van der Waals surface area contributed by atoms with E-state index in [9.17, 15) is 9.59 Å². The highest BCUT2D eigenvalue weighted by atomic mass is 35.5. The first kappa shape index (κ1) is 22.3. The quantitative estimate of drug-likeness (QED) is 0.274. The van der Waals surface area contributed by atoms with Gasteiger partial charge >= 0.3 is 0 Å². The second-order valence-corrected chi connectivity index (χ2v) is 9.50. The molecule has 0 spiro atoms. The van der Waals surface area contributed by atoms with Gasteiger partial charge in [0.1, 0.15) is 0 Å². The molecule has 0 aliphatic carbocycles. The molecule has 0 saturated carbocycles. The van der Waals surface area contributed by atoms with Crippen LogP contribution in [0.4, 0.5) is 5.13 Å². The van der Waals surface area contributed by atoms with Gasteiger partial charge in [-0.1, -0.05) is 95.4 Å². The van der Waals surface area contributed by atoms with Crippen molar-refractivity contribution in [1.29, 1.82) is 0 Å². The van der Waals surface area contributed by atoms with Gasteiger partial charge in [-0.25, -0.2) is 0 Å². The Labute approximate surface area is 198 Å². The summed E-state index contributed by atoms with van der Waals surface area (Å²) < 4.78 is 0.610. The third-order valence-electron chi connectivity index (χ3n) is 4.64. The Morgan fingerprint density at radius 2 is 1.66 bits per heavy atom. The molecule has 1 heterocycles. The number of hydrogen-bond donors (Lipinski definition) is 2. The number of benzene rings is 3. The highest BCUT2D eigenvalue weighted by Gasteiger charge is 2.12. The van der Waals surface area contributed by atoms with Crippen LogP contribution in [0.25, 0.3) is 10.8 Å². The SMILES string of the molecule is O=C(CSc1nnc(NC(=O)Cc2cccc3ccccc23)s1)NCc1ccccc1Cl. The van der Waals surface area contributed by atoms with Gasteiger partial charge in [-0.05, 0) is 28.0 Å². The van der Waals surface area contributed by atoms with Gasteiger partial charge < -0.3 is 10.6 Å². The van der Waals surface area contributed by atoms with E-state index in [1.165, 1.54) is 23.1 Å². The first-order valence-electron chi connectivity index (χ1n) is 9.81. The van der Waals surface area contributed by atoms with Gasteiger partial charge in [-0.3, -0.25) is 9.59 Å². The summed E-state index contributed by atoms with van der Waals surface area (Å²) in [6, 6.07) is 21.3. The number of aromatic nitrogens is 2. The predicted molar refractivity (Wildman–Crippen MR) is 130 cm³/mol. The number of nitrogens with one attached hydrogen (secondary N) is 2. The van der Waals surface area contributed by atoms with E-state index in [4.69, 9.17) is 11.6 Å². The molecule has 0 saturated heterocycles. The lowest BCUT2D eigenvalue weighted by molar-refractivity contribution is -0.118. The number of nitrogens with zero attached hydrogens (tertiary/aromatic N) is 2. The summed E-state index contributed by atoms with van der Waals surface area (Å²) in [4.78, 5) is 24.6. The maximum absolute atomic E-state index is 12.5. The topological polar surface area (TPSA) is 84.0 Å². The standard InChI is InChI=1S/C23H19ClN4O2S2/c24-19-11-4-2-7-17(19)13-25-21(30)14-31-23-28-27-22(32-23)26-20(29)12-16-9-5-8-15-6-1-3-10-18(15)16/h1-11H,12-14H2,(H,25,30)(H,26,27,29). The van der Waals surface area contributed by atoms with E-state index in [0.29, 0.717) is 21.0 Å². The van der Waals surface area contributed by atoms with Crippen LogP contribution in [-0.4, -0.2) is 27.8 Å². The number of rotatable bonds is 8. The summed E-state index contributed by atoms with van der Waals surface area (Å²) in [5.41, 5.74) is 1.81. The number of amides is 2. The highest BCUT2D eigenvalue weighted by molar-refractivity contribution is 8.01. The fraction of sp³-hybridized carbons (Fsp3) is 0.130. The van der Waals surface area contributed by atoms with E-state index < -0.39 is 0 Å². The van der Waals surface area contributed by atoms with Crippen LogP contribution in [0.5, 0.6) is 0 Å². The third kappa shape index (κ3) is 5.85. The first-order valence-corrected chi connectivity index (χ1v) is 12.0. The minimum Gasteiger partial charge on any atom is -0.351 e. The molecule has 0 unspecified atom stereocenters. The average molecular weight is 483 g/mol. The molecule has 2 amide bonds. The minimum atomic E-state index is -0.161. The van der Waals surface area contributed by atoms with Crippen LogP contribution in [-0.2, 0) is 22.6 Å². The molecule has 3 aromatic carbocycles. The second-order valence-electron chi connectivity index (χ2n) is 6.89. The van der Waals surface area contributed by atoms with E-state index >= 15 is 0 Å². The lowest BCUT2D eigenvalue weighted by atomic mass is 10.0. The fourth-order valence-corrected chi connectivity index (χ4v) is 4.92. The maximum Gasteiger partial charge on any atom is 0.230 e. The van der Waals surface area contributed by atoms with Crippen molar-refractivity contribution in [1.82, 2.24) is 15.5 Å². The van der Waals surface area contributed by atoms with Crippen LogP contribution in [0.15, 0.2) is 71.1 Å². The molecule has 9 heteroatoms. The third-order valence-corrected chi connectivity index (χ3v) is 6.99. The second kappa shape index (κ2) is 10.6. The van der Waals surface area contributed by atoms with Crippen LogP contribution in [0.1, 0.15) is 11.1 Å². The number of fused-ring (bicyclic) bond motifs is 1. The minimum absolute atomic E-state index is 0.133. The van der Waals surface area contributed by atoms with Crippen molar-refractivity contribution >= 4 is 62.4 Å². The van der Waals surface area contributed by atoms with Crippen molar-refractivity contribution in [3.8, 4) is 0 Å². The summed E-state index contributed by atoms with van der Waals surface area (Å²) in [5, 5.41) is 16.9. The summed E-state index contributed by atoms with van der Waals surface area (Å²) in [7, 11) is 0. The van der Waals surface area contributed by atoms with E-state index in [2.05, 4.69) is 20.8 Å². The number of carbonyl (C=O) groups is 2. The van der Waals surface area contributed by atoms with Gasteiger partial charge in [0.2, 0.25) is 16.9 Å². The summed E-state index contributed by atoms with van der Waals surface area (Å²) in [6.45, 7) is 0.366. The molecule has 0 bridgehead atoms. The van der Waals surface area contributed by atoms with Crippen LogP contribution < -0.4 is 10.6 Å². The Kier molecular flexibility index (Phi) is 7.36. The van der Waals surface area contributed by atoms with Crippen LogP contribution in [0, 0.1) is 0 Å². The normalized spacial score (nSPS) is 10.8. The average Bonchev–Trinajstić information content (AvgIpc) is 3.24. The maximum atomic E-state index is 12.5. The number of thioether (sulfide) groups is 1. The number of hydrogen-bond acceptors (Lipinski definition) is 6. The molecule has 162 valence electrons. The highest BCUT2D eigenvalue weighted by Crippen LogP contribution is 2.26. The van der Waals surface area contributed by atoms with E-state index in [0.717, 1.165) is 21.9 Å². The number of halogens is 1. The summed E-state index contributed by atoms with van der Waals surface area (Å²) >= 11 is 8.61. The Morgan fingerprint density at radius 1 is 0.906 bits per heavy atom. The van der Waals surface area contributed by atoms with Crippen LogP contribution in [0.3, 0.4) is 0 Å². The van der Waals surface area contributed by atoms with E-state index in [1.807, 2.05) is 60.7 Å². The Bertz CT molecular complexity index is 1260. The zero-order valence-electron chi connectivity index (χ0n) is 16.9. The number of anilines is 1. The fourth-order valence-electron chi connectivity index (χ4n) is 3.12. The summed E-state index contributed by atoms with van der Waals surface area (Å²) in [5.74, 6) is -0.0959. The van der Waals surface area contributed by atoms with Crippen molar-refractivity contribution in [2.75, 3.05) is 11.1 Å². The van der Waals surface area contributed by atoms with Gasteiger partial charge in [0, 0.05) is 11.6 Å². The van der Waals surface area contributed by atoms with Crippen LogP contribution >= 0.6 is 34.7 Å². The molecule has 0 atom stereocenters. The van der Waals surface area contributed by atoms with E-state index in [1.54, 1.807) is 6.07 Å². The molecular weight excluding hydrogens is 464 g/mol. The monoisotopic (exact) mass is 482 g/mol. The predicted octanol–water partition coefficient (Wildman–Crippen LogP) is 4.93.